The molecule has 23 heavy (non-hydrogen) atoms. The van der Waals surface area contributed by atoms with E-state index in [2.05, 4.69) is 10.6 Å². The number of fused-ring (bicyclic) bond motifs is 1. The summed E-state index contributed by atoms with van der Waals surface area (Å²) in [4.78, 5) is 24.2. The first-order chi connectivity index (χ1) is 11.0. The maximum atomic E-state index is 12.2. The quantitative estimate of drug-likeness (QED) is 0.915. The maximum absolute atomic E-state index is 12.2. The minimum absolute atomic E-state index is 0.0346. The van der Waals surface area contributed by atoms with Gasteiger partial charge in [-0.1, -0.05) is 18.2 Å². The third-order valence-corrected chi connectivity index (χ3v) is 3.87. The topological polar surface area (TPSA) is 67.4 Å². The average Bonchev–Trinajstić information content (AvgIpc) is 2.51. The Morgan fingerprint density at radius 2 is 1.96 bits per heavy atom. The smallest absolute Gasteiger partial charge is 0.266 e. The molecule has 0 fully saturated rings. The molecular weight excluding hydrogens is 292 g/mol. The second-order valence-electron chi connectivity index (χ2n) is 5.64. The highest BCUT2D eigenvalue weighted by molar-refractivity contribution is 6.01. The number of para-hydroxylation sites is 2. The highest BCUT2D eigenvalue weighted by atomic mass is 16.5. The van der Waals surface area contributed by atoms with Crippen molar-refractivity contribution in [2.75, 3.05) is 10.6 Å². The van der Waals surface area contributed by atoms with Crippen LogP contribution in [0.15, 0.2) is 42.5 Å². The predicted octanol–water partition coefficient (Wildman–Crippen LogP) is 3.03. The zero-order valence-electron chi connectivity index (χ0n) is 13.1. The van der Waals surface area contributed by atoms with Gasteiger partial charge in [0.1, 0.15) is 5.75 Å². The van der Waals surface area contributed by atoms with Crippen molar-refractivity contribution < 1.29 is 14.3 Å². The summed E-state index contributed by atoms with van der Waals surface area (Å²) in [6.45, 7) is 4.00. The fraction of sp³-hybridized carbons (Fsp3) is 0.222. The standard InChI is InChI=1S/C18H18N2O3/c1-11-7-8-13(9-12(11)2)19-17(21)10-16-18(22)20-14-5-3-4-6-15(14)23-16/h3-9,16H,10H2,1-2H3,(H,19,21)(H,20,22)/t16-/m0/s1. The Balaban J connectivity index is 1.66. The Labute approximate surface area is 134 Å². The second-order valence-corrected chi connectivity index (χ2v) is 5.64. The van der Waals surface area contributed by atoms with Crippen LogP contribution in [0.5, 0.6) is 5.75 Å². The molecule has 0 saturated carbocycles. The fourth-order valence-electron chi connectivity index (χ4n) is 2.43. The Morgan fingerprint density at radius 1 is 1.17 bits per heavy atom. The molecule has 118 valence electrons. The third kappa shape index (κ3) is 3.34. The molecule has 1 atom stereocenters. The lowest BCUT2D eigenvalue weighted by molar-refractivity contribution is -0.128. The summed E-state index contributed by atoms with van der Waals surface area (Å²) in [5.41, 5.74) is 3.61. The molecule has 5 nitrogen and oxygen atoms in total. The van der Waals surface area contributed by atoms with Crippen molar-refractivity contribution in [2.45, 2.75) is 26.4 Å². The lowest BCUT2D eigenvalue weighted by Crippen LogP contribution is -2.39. The molecule has 1 heterocycles. The van der Waals surface area contributed by atoms with Gasteiger partial charge in [0.25, 0.3) is 5.91 Å². The molecule has 2 aromatic carbocycles. The van der Waals surface area contributed by atoms with Gasteiger partial charge in [-0.25, -0.2) is 0 Å². The number of carbonyl (C=O) groups is 2. The van der Waals surface area contributed by atoms with Gasteiger partial charge in [-0.05, 0) is 49.2 Å². The molecule has 2 amide bonds. The molecule has 0 spiro atoms. The van der Waals surface area contributed by atoms with E-state index in [1.807, 2.05) is 44.2 Å². The van der Waals surface area contributed by atoms with Gasteiger partial charge in [-0.15, -0.1) is 0 Å². The van der Waals surface area contributed by atoms with Crippen LogP contribution in [0.25, 0.3) is 0 Å². The number of anilines is 2. The van der Waals surface area contributed by atoms with E-state index in [9.17, 15) is 9.59 Å². The van der Waals surface area contributed by atoms with Crippen LogP contribution in [-0.2, 0) is 9.59 Å². The van der Waals surface area contributed by atoms with Crippen LogP contribution < -0.4 is 15.4 Å². The Morgan fingerprint density at radius 3 is 2.74 bits per heavy atom. The van der Waals surface area contributed by atoms with Crippen LogP contribution in [0.3, 0.4) is 0 Å². The lowest BCUT2D eigenvalue weighted by atomic mass is 10.1. The summed E-state index contributed by atoms with van der Waals surface area (Å²) in [6.07, 6.45) is -0.857. The van der Waals surface area contributed by atoms with Crippen molar-refractivity contribution in [3.8, 4) is 5.75 Å². The Kier molecular flexibility index (Phi) is 4.02. The van der Waals surface area contributed by atoms with Gasteiger partial charge in [-0.3, -0.25) is 9.59 Å². The van der Waals surface area contributed by atoms with Gasteiger partial charge in [0.15, 0.2) is 6.10 Å². The summed E-state index contributed by atoms with van der Waals surface area (Å²) >= 11 is 0. The van der Waals surface area contributed by atoms with Crippen LogP contribution in [0.1, 0.15) is 17.5 Å². The van der Waals surface area contributed by atoms with Crippen LogP contribution >= 0.6 is 0 Å². The van der Waals surface area contributed by atoms with Crippen molar-refractivity contribution in [1.29, 1.82) is 0 Å². The molecule has 0 aliphatic carbocycles. The summed E-state index contributed by atoms with van der Waals surface area (Å²) in [5, 5.41) is 5.55. The van der Waals surface area contributed by atoms with Gasteiger partial charge in [0.05, 0.1) is 12.1 Å². The van der Waals surface area contributed by atoms with E-state index in [1.165, 1.54) is 0 Å². The van der Waals surface area contributed by atoms with Crippen LogP contribution in [-0.4, -0.2) is 17.9 Å². The predicted molar refractivity (Wildman–Crippen MR) is 88.7 cm³/mol. The van der Waals surface area contributed by atoms with Crippen molar-refractivity contribution in [2.24, 2.45) is 0 Å². The number of rotatable bonds is 3. The number of aryl methyl sites for hydroxylation is 2. The number of nitrogens with one attached hydrogen (secondary N) is 2. The van der Waals surface area contributed by atoms with E-state index >= 15 is 0 Å². The van der Waals surface area contributed by atoms with E-state index < -0.39 is 6.10 Å². The van der Waals surface area contributed by atoms with Crippen molar-refractivity contribution in [3.05, 3.63) is 53.6 Å². The largest absolute Gasteiger partial charge is 0.478 e. The second kappa shape index (κ2) is 6.12. The van der Waals surface area contributed by atoms with Gasteiger partial charge in [-0.2, -0.15) is 0 Å². The molecule has 1 aliphatic heterocycles. The van der Waals surface area contributed by atoms with E-state index in [-0.39, 0.29) is 18.2 Å². The molecule has 0 radical (unpaired) electrons. The number of hydrogen-bond donors (Lipinski definition) is 2. The summed E-state index contributed by atoms with van der Waals surface area (Å²) < 4.78 is 5.62. The van der Waals surface area contributed by atoms with Crippen molar-refractivity contribution in [3.63, 3.8) is 0 Å². The zero-order chi connectivity index (χ0) is 16.4. The van der Waals surface area contributed by atoms with Crippen LogP contribution in [0.2, 0.25) is 0 Å². The molecule has 3 rings (SSSR count). The third-order valence-electron chi connectivity index (χ3n) is 3.87. The molecular formula is C18H18N2O3. The van der Waals surface area contributed by atoms with Gasteiger partial charge < -0.3 is 15.4 Å². The first-order valence-corrected chi connectivity index (χ1v) is 7.46. The molecule has 0 aromatic heterocycles. The monoisotopic (exact) mass is 310 g/mol. The van der Waals surface area contributed by atoms with Crippen LogP contribution in [0, 0.1) is 13.8 Å². The van der Waals surface area contributed by atoms with Crippen molar-refractivity contribution >= 4 is 23.2 Å². The summed E-state index contributed by atoms with van der Waals surface area (Å²) in [7, 11) is 0. The van der Waals surface area contributed by atoms with Gasteiger partial charge >= 0.3 is 0 Å². The number of amides is 2. The Hall–Kier alpha value is -2.82. The highest BCUT2D eigenvalue weighted by Gasteiger charge is 2.29. The molecule has 1 aliphatic rings. The van der Waals surface area contributed by atoms with E-state index in [0.717, 1.165) is 16.8 Å². The van der Waals surface area contributed by atoms with E-state index in [0.29, 0.717) is 11.4 Å². The number of benzene rings is 2. The fourth-order valence-corrected chi connectivity index (χ4v) is 2.43. The Bertz CT molecular complexity index is 771. The van der Waals surface area contributed by atoms with Gasteiger partial charge in [0, 0.05) is 5.69 Å². The number of ether oxygens (including phenoxy) is 1. The zero-order valence-corrected chi connectivity index (χ0v) is 13.1. The highest BCUT2D eigenvalue weighted by Crippen LogP contribution is 2.29. The van der Waals surface area contributed by atoms with E-state index in [4.69, 9.17) is 4.74 Å². The first-order valence-electron chi connectivity index (χ1n) is 7.46. The van der Waals surface area contributed by atoms with E-state index in [1.54, 1.807) is 12.1 Å². The minimum atomic E-state index is -0.823. The first kappa shape index (κ1) is 15.1. The molecule has 0 unspecified atom stereocenters. The summed E-state index contributed by atoms with van der Waals surface area (Å²) in [5.74, 6) is 0.0165. The molecule has 2 aromatic rings. The SMILES string of the molecule is Cc1ccc(NC(=O)C[C@@H]2Oc3ccccc3NC2=O)cc1C. The van der Waals surface area contributed by atoms with Crippen molar-refractivity contribution in [1.82, 2.24) is 0 Å². The number of hydrogen-bond acceptors (Lipinski definition) is 3. The molecule has 0 bridgehead atoms. The average molecular weight is 310 g/mol. The molecule has 2 N–H and O–H groups in total. The molecule has 0 saturated heterocycles. The van der Waals surface area contributed by atoms with Crippen LogP contribution in [0.4, 0.5) is 11.4 Å². The molecule has 5 heteroatoms. The lowest BCUT2D eigenvalue weighted by Gasteiger charge is -2.25. The normalized spacial score (nSPS) is 16.1. The summed E-state index contributed by atoms with van der Waals surface area (Å²) in [6, 6.07) is 12.9. The van der Waals surface area contributed by atoms with Gasteiger partial charge in [0.2, 0.25) is 5.91 Å². The maximum Gasteiger partial charge on any atom is 0.266 e. The number of carbonyl (C=O) groups excluding carboxylic acids is 2. The minimum Gasteiger partial charge on any atom is -0.478 e.